The van der Waals surface area contributed by atoms with Crippen LogP contribution in [0.2, 0.25) is 0 Å². The molecule has 7 heteroatoms. The van der Waals surface area contributed by atoms with Crippen LogP contribution in [0, 0.1) is 0 Å². The SMILES string of the molecule is CN1C(=O)C(CC(=O)NCCc2cccc(Oc3ccccc3)c2)N(C)C1=O. The topological polar surface area (TPSA) is 79.0 Å². The van der Waals surface area contributed by atoms with E-state index in [2.05, 4.69) is 5.32 Å². The lowest BCUT2D eigenvalue weighted by molar-refractivity contribution is -0.131. The summed E-state index contributed by atoms with van der Waals surface area (Å²) >= 11 is 0. The van der Waals surface area contributed by atoms with Crippen LogP contribution in [0.1, 0.15) is 12.0 Å². The minimum Gasteiger partial charge on any atom is -0.457 e. The molecule has 0 aromatic heterocycles. The Kier molecular flexibility index (Phi) is 5.93. The van der Waals surface area contributed by atoms with Crippen LogP contribution in [-0.4, -0.2) is 54.3 Å². The zero-order chi connectivity index (χ0) is 20.1. The summed E-state index contributed by atoms with van der Waals surface area (Å²) in [7, 11) is 2.95. The van der Waals surface area contributed by atoms with Gasteiger partial charge in [0.2, 0.25) is 5.91 Å². The summed E-state index contributed by atoms with van der Waals surface area (Å²) in [6.45, 7) is 0.433. The van der Waals surface area contributed by atoms with Crippen molar-refractivity contribution in [1.29, 1.82) is 0 Å². The second-order valence-electron chi connectivity index (χ2n) is 6.67. The number of ether oxygens (including phenoxy) is 1. The number of imide groups is 1. The van der Waals surface area contributed by atoms with Gasteiger partial charge in [-0.25, -0.2) is 4.79 Å². The molecule has 28 heavy (non-hydrogen) atoms. The van der Waals surface area contributed by atoms with Gasteiger partial charge in [-0.15, -0.1) is 0 Å². The van der Waals surface area contributed by atoms with E-state index in [-0.39, 0.29) is 18.2 Å². The number of carbonyl (C=O) groups excluding carboxylic acids is 3. The number of likely N-dealkylation sites (N-methyl/N-ethyl adjacent to an activating group) is 2. The van der Waals surface area contributed by atoms with Gasteiger partial charge in [0.1, 0.15) is 17.5 Å². The number of rotatable bonds is 7. The van der Waals surface area contributed by atoms with Crippen LogP contribution in [0.25, 0.3) is 0 Å². The summed E-state index contributed by atoms with van der Waals surface area (Å²) < 4.78 is 5.81. The minimum absolute atomic E-state index is 0.0391. The van der Waals surface area contributed by atoms with Crippen molar-refractivity contribution in [1.82, 2.24) is 15.1 Å². The molecule has 146 valence electrons. The van der Waals surface area contributed by atoms with Crippen molar-refractivity contribution in [3.63, 3.8) is 0 Å². The third-order valence-corrected chi connectivity index (χ3v) is 4.66. The number of para-hydroxylation sites is 1. The third kappa shape index (κ3) is 4.49. The maximum Gasteiger partial charge on any atom is 0.326 e. The average molecular weight is 381 g/mol. The van der Waals surface area contributed by atoms with Crippen LogP contribution in [0.4, 0.5) is 4.79 Å². The van der Waals surface area contributed by atoms with Crippen molar-refractivity contribution in [3.8, 4) is 11.5 Å². The Morgan fingerprint density at radius 1 is 1.04 bits per heavy atom. The van der Waals surface area contributed by atoms with Crippen molar-refractivity contribution in [2.24, 2.45) is 0 Å². The molecule has 1 aliphatic rings. The molecular formula is C21H23N3O4. The second-order valence-corrected chi connectivity index (χ2v) is 6.67. The summed E-state index contributed by atoms with van der Waals surface area (Å²) in [5.41, 5.74) is 1.03. The highest BCUT2D eigenvalue weighted by Crippen LogP contribution is 2.22. The number of urea groups is 1. The van der Waals surface area contributed by atoms with Gasteiger partial charge in [-0.1, -0.05) is 30.3 Å². The van der Waals surface area contributed by atoms with E-state index in [9.17, 15) is 14.4 Å². The Morgan fingerprint density at radius 3 is 2.43 bits per heavy atom. The molecule has 0 aliphatic carbocycles. The van der Waals surface area contributed by atoms with E-state index in [4.69, 9.17) is 4.74 Å². The van der Waals surface area contributed by atoms with E-state index in [1.54, 1.807) is 0 Å². The van der Waals surface area contributed by atoms with E-state index in [0.717, 1.165) is 22.0 Å². The molecule has 1 atom stereocenters. The first-order valence-electron chi connectivity index (χ1n) is 9.08. The summed E-state index contributed by atoms with van der Waals surface area (Å²) in [5.74, 6) is 0.881. The minimum atomic E-state index is -0.736. The van der Waals surface area contributed by atoms with E-state index < -0.39 is 12.1 Å². The molecule has 0 radical (unpaired) electrons. The smallest absolute Gasteiger partial charge is 0.326 e. The molecule has 1 saturated heterocycles. The Labute approximate surface area is 163 Å². The van der Waals surface area contributed by atoms with Crippen molar-refractivity contribution in [3.05, 3.63) is 60.2 Å². The molecule has 2 aromatic carbocycles. The Bertz CT molecular complexity index is 869. The fourth-order valence-corrected chi connectivity index (χ4v) is 3.06. The fourth-order valence-electron chi connectivity index (χ4n) is 3.06. The predicted molar refractivity (Wildman–Crippen MR) is 104 cm³/mol. The third-order valence-electron chi connectivity index (χ3n) is 4.66. The normalized spacial score (nSPS) is 16.4. The highest BCUT2D eigenvalue weighted by Gasteiger charge is 2.41. The number of hydrogen-bond acceptors (Lipinski definition) is 4. The molecule has 2 aromatic rings. The summed E-state index contributed by atoms with van der Waals surface area (Å²) in [5, 5.41) is 2.81. The van der Waals surface area contributed by atoms with Crippen LogP contribution >= 0.6 is 0 Å². The van der Waals surface area contributed by atoms with E-state index >= 15 is 0 Å². The number of hydrogen-bond donors (Lipinski definition) is 1. The molecule has 4 amide bonds. The molecule has 0 spiro atoms. The lowest BCUT2D eigenvalue weighted by Crippen LogP contribution is -2.37. The predicted octanol–water partition coefficient (Wildman–Crippen LogP) is 2.42. The van der Waals surface area contributed by atoms with Crippen LogP contribution in [-0.2, 0) is 16.0 Å². The van der Waals surface area contributed by atoms with Gasteiger partial charge < -0.3 is 15.0 Å². The first kappa shape index (κ1) is 19.4. The standard InChI is InChI=1S/C21H23N3O4/c1-23-18(20(26)24(2)21(23)27)14-19(25)22-12-11-15-7-6-10-17(13-15)28-16-8-4-3-5-9-16/h3-10,13,18H,11-12,14H2,1-2H3,(H,22,25). The second kappa shape index (κ2) is 8.56. The monoisotopic (exact) mass is 381 g/mol. The molecule has 1 aliphatic heterocycles. The molecular weight excluding hydrogens is 358 g/mol. The van der Waals surface area contributed by atoms with Crippen molar-refractivity contribution in [2.75, 3.05) is 20.6 Å². The molecule has 1 fully saturated rings. The van der Waals surface area contributed by atoms with E-state index in [1.807, 2.05) is 54.6 Å². The molecule has 0 saturated carbocycles. The molecule has 7 nitrogen and oxygen atoms in total. The largest absolute Gasteiger partial charge is 0.457 e. The number of amides is 4. The van der Waals surface area contributed by atoms with E-state index in [1.165, 1.54) is 19.0 Å². The molecule has 1 heterocycles. The number of nitrogens with one attached hydrogen (secondary N) is 1. The van der Waals surface area contributed by atoms with Crippen LogP contribution in [0.5, 0.6) is 11.5 Å². The molecule has 1 unspecified atom stereocenters. The Hall–Kier alpha value is -3.35. The highest BCUT2D eigenvalue weighted by atomic mass is 16.5. The molecule has 0 bridgehead atoms. The van der Waals surface area contributed by atoms with Crippen molar-refractivity contribution in [2.45, 2.75) is 18.9 Å². The molecule has 3 rings (SSSR count). The van der Waals surface area contributed by atoms with Crippen LogP contribution in [0.3, 0.4) is 0 Å². The van der Waals surface area contributed by atoms with Gasteiger partial charge in [-0.05, 0) is 36.2 Å². The molecule has 1 N–H and O–H groups in total. The summed E-state index contributed by atoms with van der Waals surface area (Å²) in [6.07, 6.45) is 0.591. The first-order valence-corrected chi connectivity index (χ1v) is 9.08. The zero-order valence-electron chi connectivity index (χ0n) is 15.9. The fraction of sp³-hybridized carbons (Fsp3) is 0.286. The average Bonchev–Trinajstić information content (AvgIpc) is 2.87. The van der Waals surface area contributed by atoms with Crippen molar-refractivity contribution >= 4 is 17.8 Å². The van der Waals surface area contributed by atoms with Gasteiger partial charge in [0, 0.05) is 20.6 Å². The Morgan fingerprint density at radius 2 is 1.75 bits per heavy atom. The van der Waals surface area contributed by atoms with Gasteiger partial charge >= 0.3 is 6.03 Å². The van der Waals surface area contributed by atoms with Gasteiger partial charge in [0.05, 0.1) is 6.42 Å². The maximum atomic E-state index is 12.2. The van der Waals surface area contributed by atoms with Gasteiger partial charge in [0.25, 0.3) is 5.91 Å². The van der Waals surface area contributed by atoms with E-state index in [0.29, 0.717) is 13.0 Å². The van der Waals surface area contributed by atoms with Crippen LogP contribution < -0.4 is 10.1 Å². The number of carbonyl (C=O) groups is 3. The van der Waals surface area contributed by atoms with Crippen molar-refractivity contribution < 1.29 is 19.1 Å². The number of benzene rings is 2. The van der Waals surface area contributed by atoms with Gasteiger partial charge in [0.15, 0.2) is 0 Å². The lowest BCUT2D eigenvalue weighted by Gasteiger charge is -2.15. The van der Waals surface area contributed by atoms with Gasteiger partial charge in [-0.3, -0.25) is 14.5 Å². The van der Waals surface area contributed by atoms with Gasteiger partial charge in [-0.2, -0.15) is 0 Å². The summed E-state index contributed by atoms with van der Waals surface area (Å²) in [6, 6.07) is 16.1. The van der Waals surface area contributed by atoms with Crippen LogP contribution in [0.15, 0.2) is 54.6 Å². The number of nitrogens with zero attached hydrogens (tertiary/aromatic N) is 2. The summed E-state index contributed by atoms with van der Waals surface area (Å²) in [4.78, 5) is 38.3. The highest BCUT2D eigenvalue weighted by molar-refractivity contribution is 6.05. The maximum absolute atomic E-state index is 12.2. The quantitative estimate of drug-likeness (QED) is 0.747. The first-order chi connectivity index (χ1) is 13.5. The lowest BCUT2D eigenvalue weighted by atomic mass is 10.1. The Balaban J connectivity index is 1.48. The zero-order valence-corrected chi connectivity index (χ0v) is 15.9.